The van der Waals surface area contributed by atoms with Gasteiger partial charge >= 0.3 is 5.97 Å². The van der Waals surface area contributed by atoms with Gasteiger partial charge in [0.15, 0.2) is 16.1 Å². The van der Waals surface area contributed by atoms with Crippen molar-refractivity contribution in [3.63, 3.8) is 0 Å². The number of aromatic nitrogens is 3. The van der Waals surface area contributed by atoms with Gasteiger partial charge in [0.05, 0.1) is 52.1 Å². The van der Waals surface area contributed by atoms with Gasteiger partial charge in [-0.2, -0.15) is 0 Å². The second-order valence-corrected chi connectivity index (χ2v) is 24.6. The largest absolute Gasteiger partial charge is 0.459 e. The van der Waals surface area contributed by atoms with Crippen LogP contribution in [0.1, 0.15) is 125 Å². The highest BCUT2D eigenvalue weighted by Crippen LogP contribution is 2.45. The van der Waals surface area contributed by atoms with E-state index < -0.39 is 136 Å². The Kier molecular flexibility index (Phi) is 20.7. The van der Waals surface area contributed by atoms with Crippen LogP contribution in [0.4, 0.5) is 4.39 Å². The third kappa shape index (κ3) is 14.1. The van der Waals surface area contributed by atoms with Gasteiger partial charge in [-0.3, -0.25) is 4.79 Å². The number of alkyl halides is 1. The van der Waals surface area contributed by atoms with E-state index in [2.05, 4.69) is 10.3 Å². The maximum atomic E-state index is 14.6. The molecule has 2 aromatic rings. The molecule has 19 nitrogen and oxygen atoms in total. The Morgan fingerprint density at radius 3 is 2.23 bits per heavy atom. The number of rotatable bonds is 15. The first-order chi connectivity index (χ1) is 33.9. The Labute approximate surface area is 432 Å². The number of hydrogen-bond acceptors (Lipinski definition) is 18. The normalized spacial score (nSPS) is 39.9. The van der Waals surface area contributed by atoms with Gasteiger partial charge < -0.3 is 64.1 Å². The summed E-state index contributed by atoms with van der Waals surface area (Å²) in [6.45, 7) is 17.6. The molecule has 21 heteroatoms. The molecule has 0 aliphatic carbocycles. The van der Waals surface area contributed by atoms with Crippen LogP contribution in [-0.4, -0.2) is 201 Å². The summed E-state index contributed by atoms with van der Waals surface area (Å²) in [4.78, 5) is 18.6. The van der Waals surface area contributed by atoms with E-state index in [1.165, 1.54) is 43.0 Å². The number of carbonyl (C=O) groups excluding carboxylic acids is 1. The fourth-order valence-corrected chi connectivity index (χ4v) is 12.5. The molecule has 4 heterocycles. The van der Waals surface area contributed by atoms with Crippen molar-refractivity contribution < 1.29 is 71.9 Å². The molecule has 73 heavy (non-hydrogen) atoms. The zero-order chi connectivity index (χ0) is 54.7. The summed E-state index contributed by atoms with van der Waals surface area (Å²) in [5.74, 6) is -3.31. The van der Waals surface area contributed by atoms with E-state index in [1.54, 1.807) is 47.7 Å². The van der Waals surface area contributed by atoms with E-state index in [0.29, 0.717) is 43.6 Å². The Morgan fingerprint density at radius 2 is 1.64 bits per heavy atom. The summed E-state index contributed by atoms with van der Waals surface area (Å²) in [6.07, 6.45) is -5.53. The molecule has 3 fully saturated rings. The predicted octanol–water partition coefficient (Wildman–Crippen LogP) is 3.42. The van der Waals surface area contributed by atoms with Crippen LogP contribution >= 0.6 is 0 Å². The quantitative estimate of drug-likeness (QED) is 0.140. The van der Waals surface area contributed by atoms with Crippen molar-refractivity contribution >= 4 is 15.8 Å². The number of hydrogen-bond donors (Lipinski definition) is 6. The minimum Gasteiger partial charge on any atom is -0.459 e. The summed E-state index contributed by atoms with van der Waals surface area (Å²) < 4.78 is 71.6. The average molecular weight is 1060 g/mol. The summed E-state index contributed by atoms with van der Waals surface area (Å²) in [5.41, 5.74) is -3.67. The molecule has 0 saturated carbocycles. The molecule has 6 N–H and O–H groups in total. The molecule has 418 valence electrons. The van der Waals surface area contributed by atoms with Gasteiger partial charge in [-0.15, -0.1) is 5.10 Å². The number of aliphatic hydroxyl groups is 6. The highest BCUT2D eigenvalue weighted by atomic mass is 32.2. The highest BCUT2D eigenvalue weighted by molar-refractivity contribution is 7.90. The van der Waals surface area contributed by atoms with Crippen LogP contribution in [0.25, 0.3) is 0 Å². The lowest BCUT2D eigenvalue weighted by Crippen LogP contribution is -2.62. The van der Waals surface area contributed by atoms with E-state index in [4.69, 9.17) is 23.7 Å². The summed E-state index contributed by atoms with van der Waals surface area (Å²) in [6, 6.07) is 3.45. The number of likely N-dealkylation sites (N-methyl/N-ethyl adjacent to an activating group) is 2. The molecule has 20 atom stereocenters. The fourth-order valence-electron chi connectivity index (χ4n) is 11.9. The van der Waals surface area contributed by atoms with Gasteiger partial charge in [0.2, 0.25) is 0 Å². The van der Waals surface area contributed by atoms with E-state index >= 15 is 0 Å². The number of sulfone groups is 1. The number of carbonyl (C=O) groups is 1. The number of nitrogens with zero attached hydrogens (tertiary/aromatic N) is 5. The van der Waals surface area contributed by atoms with Gasteiger partial charge in [-0.05, 0) is 124 Å². The van der Waals surface area contributed by atoms with Gasteiger partial charge in [-0.25, -0.2) is 17.5 Å². The van der Waals surface area contributed by atoms with Crippen LogP contribution in [0.15, 0.2) is 35.4 Å². The Morgan fingerprint density at radius 1 is 1.00 bits per heavy atom. The summed E-state index contributed by atoms with van der Waals surface area (Å²) in [5, 5.41) is 79.4. The molecule has 3 aliphatic rings. The average Bonchev–Trinajstić information content (AvgIpc) is 3.79. The monoisotopic (exact) mass is 1060 g/mol. The zero-order valence-electron chi connectivity index (χ0n) is 45.5. The number of cyclic esters (lactones) is 1. The van der Waals surface area contributed by atoms with E-state index in [-0.39, 0.29) is 30.1 Å². The third-order valence-electron chi connectivity index (χ3n) is 16.5. The van der Waals surface area contributed by atoms with Gasteiger partial charge in [0, 0.05) is 50.5 Å². The van der Waals surface area contributed by atoms with Crippen LogP contribution in [0, 0.1) is 23.7 Å². The molecule has 0 radical (unpaired) electrons. The predicted molar refractivity (Wildman–Crippen MR) is 270 cm³/mol. The highest BCUT2D eigenvalue weighted by Gasteiger charge is 2.55. The number of ether oxygens (including phenoxy) is 5. The van der Waals surface area contributed by atoms with E-state index in [0.717, 1.165) is 6.26 Å². The molecule has 1 aromatic carbocycles. The first-order valence-electron chi connectivity index (χ1n) is 26.0. The maximum Gasteiger partial charge on any atom is 0.309 e. The first kappa shape index (κ1) is 61.1. The first-order valence-corrected chi connectivity index (χ1v) is 27.9. The fraction of sp³-hybridized carbons (Fsp3) is 0.827. The number of benzene rings is 1. The molecule has 1 aromatic heterocycles. The molecule has 0 amide bonds. The standard InChI is InChI=1S/C52H88FN5O14S/c1-15-41-52(10,65)45(61)33(6)57(12)27-29(2)24-50(8,64)47(31(4)42(32(5)48(63)71-41)40-25-51(9,68-13)46(62)34(7)70-40)72-49-44(60)38(23-30(3)69-49)56(11)22-16-17-36-28-58(55-54-36)39(26-53)43(59)35-18-20-37(21-19-35)73(14,66)67/h18-21,28-34,38-47,49,59-62,64-65H,15-17,22-27H2,1-14H3/t29-,30-,31+,32-,33-,34+,38+,39-,40-,41-,42?,43-,44-,45-,46+,47-,49+,50-,51-,52-/m1/s1. The molecule has 5 rings (SSSR count). The Bertz CT molecular complexity index is 2190. The van der Waals surface area contributed by atoms with Crippen LogP contribution in [0.3, 0.4) is 0 Å². The second-order valence-electron chi connectivity index (χ2n) is 22.6. The lowest BCUT2D eigenvalue weighted by molar-refractivity contribution is -0.303. The number of esters is 1. The Balaban J connectivity index is 1.41. The molecule has 0 spiro atoms. The summed E-state index contributed by atoms with van der Waals surface area (Å²) in [7, 11) is 1.77. The number of halogens is 1. The zero-order valence-corrected chi connectivity index (χ0v) is 46.4. The van der Waals surface area contributed by atoms with Crippen molar-refractivity contribution in [1.29, 1.82) is 0 Å². The lowest BCUT2D eigenvalue weighted by Gasteiger charge is -2.51. The van der Waals surface area contributed by atoms with E-state index in [9.17, 15) is 48.2 Å². The smallest absolute Gasteiger partial charge is 0.309 e. The minimum absolute atomic E-state index is 0.0782. The summed E-state index contributed by atoms with van der Waals surface area (Å²) >= 11 is 0. The minimum atomic E-state index is -3.46. The molecule has 1 unspecified atom stereocenters. The van der Waals surface area contributed by atoms with Gasteiger partial charge in [0.25, 0.3) is 0 Å². The Hall–Kier alpha value is -2.77. The van der Waals surface area contributed by atoms with Crippen molar-refractivity contribution in [2.75, 3.05) is 47.2 Å². The molecule has 0 bridgehead atoms. The molecule has 3 saturated heterocycles. The SMILES string of the molecule is CC[C@H]1OC(=O)[C@H](C)C([C@H]2C[C@@](C)(OC)[C@@H](O)[C@H](C)O2)[C@H](C)[C@@H](O[C@@H]2O[C@H](C)C[C@H](N(C)CCCc3cn([C@H](CF)[C@H](O)c4ccc(S(C)(=O)=O)cc4)nn3)[C@H]2O)[C@](C)(O)C[C@@H](C)CN(C)[C@H](C)[C@@H](O)[C@]1(C)O. The van der Waals surface area contributed by atoms with Crippen molar-refractivity contribution in [3.8, 4) is 0 Å². The topological polar surface area (TPSA) is 256 Å². The maximum absolute atomic E-state index is 14.6. The van der Waals surface area contributed by atoms with Gasteiger partial charge in [-0.1, -0.05) is 45.0 Å². The number of aliphatic hydroxyl groups excluding tert-OH is 4. The van der Waals surface area contributed by atoms with Crippen LogP contribution in [-0.2, 0) is 44.7 Å². The van der Waals surface area contributed by atoms with Crippen molar-refractivity contribution in [2.45, 2.75) is 209 Å². The van der Waals surface area contributed by atoms with Crippen molar-refractivity contribution in [3.05, 3.63) is 41.7 Å². The third-order valence-corrected chi connectivity index (χ3v) is 17.6. The second kappa shape index (κ2) is 24.7. The van der Waals surface area contributed by atoms with Crippen molar-refractivity contribution in [2.24, 2.45) is 23.7 Å². The molecular formula is C52H88FN5O14S. The van der Waals surface area contributed by atoms with Crippen molar-refractivity contribution in [1.82, 2.24) is 24.8 Å². The molecular weight excluding hydrogens is 970 g/mol. The van der Waals surface area contributed by atoms with Crippen LogP contribution in [0.2, 0.25) is 0 Å². The van der Waals surface area contributed by atoms with Crippen LogP contribution < -0.4 is 0 Å². The number of aryl methyl sites for hydroxylation is 1. The number of methoxy groups -OCH3 is 1. The van der Waals surface area contributed by atoms with E-state index in [1.807, 2.05) is 44.7 Å². The van der Waals surface area contributed by atoms with Crippen LogP contribution in [0.5, 0.6) is 0 Å². The lowest BCUT2D eigenvalue weighted by atomic mass is 9.68. The van der Waals surface area contributed by atoms with Gasteiger partial charge in [0.1, 0.15) is 48.8 Å². The molecule has 3 aliphatic heterocycles.